The van der Waals surface area contributed by atoms with Crippen molar-refractivity contribution in [2.45, 2.75) is 56.4 Å². The second-order valence-corrected chi connectivity index (χ2v) is 9.83. The molecule has 1 aliphatic heterocycles. The smallest absolute Gasteiger partial charge is 0.328 e. The topological polar surface area (TPSA) is 77.8 Å². The van der Waals surface area contributed by atoms with Gasteiger partial charge in [-0.05, 0) is 56.2 Å². The van der Waals surface area contributed by atoms with Gasteiger partial charge in [-0.3, -0.25) is 4.79 Å². The summed E-state index contributed by atoms with van der Waals surface area (Å²) >= 11 is -1.85. The Morgan fingerprint density at radius 3 is 2.70 bits per heavy atom. The molecule has 1 aliphatic carbocycles. The Bertz CT molecular complexity index is 1170. The Hall–Kier alpha value is -2.71. The zero-order chi connectivity index (χ0) is 22.9. The molecule has 5 rings (SSSR count). The molecule has 1 amide bonds. The van der Waals surface area contributed by atoms with E-state index in [4.69, 9.17) is 9.15 Å². The summed E-state index contributed by atoms with van der Waals surface area (Å²) in [5.74, 6) is -0.667. The van der Waals surface area contributed by atoms with E-state index >= 15 is 0 Å². The second kappa shape index (κ2) is 9.27. The van der Waals surface area contributed by atoms with E-state index < -0.39 is 23.1 Å². The summed E-state index contributed by atoms with van der Waals surface area (Å²) in [6.45, 7) is 3.76. The maximum absolute atomic E-state index is 14.6. The normalized spacial score (nSPS) is 17.2. The summed E-state index contributed by atoms with van der Waals surface area (Å²) in [4.78, 5) is 15.3. The van der Waals surface area contributed by atoms with E-state index in [1.54, 1.807) is 12.1 Å². The van der Waals surface area contributed by atoms with E-state index in [0.29, 0.717) is 16.2 Å². The Balaban J connectivity index is 1.37. The molecule has 8 heteroatoms. The third-order valence-electron chi connectivity index (χ3n) is 6.41. The summed E-state index contributed by atoms with van der Waals surface area (Å²) in [7, 11) is 0. The van der Waals surface area contributed by atoms with Crippen LogP contribution in [0.2, 0.25) is 0 Å². The van der Waals surface area contributed by atoms with Crippen molar-refractivity contribution < 1.29 is 22.9 Å². The molecule has 2 heterocycles. The van der Waals surface area contributed by atoms with Gasteiger partial charge in [-0.25, -0.2) is 4.39 Å². The first kappa shape index (κ1) is 22.1. The molecule has 3 aromatic rings. The van der Waals surface area contributed by atoms with Crippen LogP contribution in [0.4, 0.5) is 10.1 Å². The van der Waals surface area contributed by atoms with Crippen molar-refractivity contribution in [2.75, 3.05) is 18.0 Å². The molecular formula is C25H27FN2O4S. The lowest BCUT2D eigenvalue weighted by atomic mass is 10.1. The van der Waals surface area contributed by atoms with Gasteiger partial charge in [0.2, 0.25) is 4.90 Å². The molecule has 2 aliphatic rings. The number of anilines is 1. The molecule has 33 heavy (non-hydrogen) atoms. The SMILES string of the molecule is CCc1ccc(OC2CCCC2)c([S+]([O-])NC(=O)c2cc3c(F)cc(N4CCC4)cc3o2)c1. The molecular weight excluding hydrogens is 443 g/mol. The summed E-state index contributed by atoms with van der Waals surface area (Å²) in [6, 6.07) is 10.1. The zero-order valence-electron chi connectivity index (χ0n) is 18.6. The Morgan fingerprint density at radius 2 is 2.00 bits per heavy atom. The first-order valence-corrected chi connectivity index (χ1v) is 12.7. The molecule has 1 saturated heterocycles. The molecule has 174 valence electrons. The summed E-state index contributed by atoms with van der Waals surface area (Å²) in [5.41, 5.74) is 2.03. The number of fused-ring (bicyclic) bond motifs is 1. The number of carbonyl (C=O) groups is 1. The minimum atomic E-state index is -1.85. The van der Waals surface area contributed by atoms with E-state index in [1.165, 1.54) is 12.1 Å². The van der Waals surface area contributed by atoms with Crippen LogP contribution in [0.3, 0.4) is 0 Å². The number of benzene rings is 2. The minimum absolute atomic E-state index is 0.0806. The lowest BCUT2D eigenvalue weighted by molar-refractivity contribution is 0.0956. The quantitative estimate of drug-likeness (QED) is 0.485. The van der Waals surface area contributed by atoms with Gasteiger partial charge in [0.1, 0.15) is 22.8 Å². The number of furan rings is 1. The van der Waals surface area contributed by atoms with Crippen LogP contribution in [-0.4, -0.2) is 29.7 Å². The highest BCUT2D eigenvalue weighted by Gasteiger charge is 2.27. The first-order valence-electron chi connectivity index (χ1n) is 11.5. The van der Waals surface area contributed by atoms with Crippen molar-refractivity contribution >= 4 is 33.9 Å². The van der Waals surface area contributed by atoms with Gasteiger partial charge in [0.25, 0.3) is 0 Å². The number of amides is 1. The fraction of sp³-hybridized carbons (Fsp3) is 0.400. The van der Waals surface area contributed by atoms with E-state index in [1.807, 2.05) is 24.0 Å². The van der Waals surface area contributed by atoms with Crippen LogP contribution in [0.1, 0.15) is 55.1 Å². The monoisotopic (exact) mass is 470 g/mol. The number of carbonyl (C=O) groups excluding carboxylic acids is 1. The molecule has 2 fully saturated rings. The van der Waals surface area contributed by atoms with Gasteiger partial charge in [-0.1, -0.05) is 13.0 Å². The van der Waals surface area contributed by atoms with E-state index in [0.717, 1.165) is 62.9 Å². The van der Waals surface area contributed by atoms with Crippen molar-refractivity contribution in [3.8, 4) is 5.75 Å². The molecule has 1 unspecified atom stereocenters. The number of halogens is 1. The van der Waals surface area contributed by atoms with Gasteiger partial charge in [0.05, 0.1) is 11.5 Å². The fourth-order valence-electron chi connectivity index (χ4n) is 4.34. The van der Waals surface area contributed by atoms with Crippen molar-refractivity contribution in [1.82, 2.24) is 4.72 Å². The molecule has 0 bridgehead atoms. The van der Waals surface area contributed by atoms with Crippen LogP contribution in [0, 0.1) is 5.82 Å². The first-order chi connectivity index (χ1) is 16.0. The van der Waals surface area contributed by atoms with Crippen LogP contribution < -0.4 is 14.4 Å². The Kier molecular flexibility index (Phi) is 6.21. The summed E-state index contributed by atoms with van der Waals surface area (Å²) in [5, 5.41) is 0.230. The minimum Gasteiger partial charge on any atom is -0.588 e. The average Bonchev–Trinajstić information content (AvgIpc) is 3.43. The maximum atomic E-state index is 14.6. The Morgan fingerprint density at radius 1 is 1.21 bits per heavy atom. The lowest BCUT2D eigenvalue weighted by Crippen LogP contribution is -2.36. The zero-order valence-corrected chi connectivity index (χ0v) is 19.4. The summed E-state index contributed by atoms with van der Waals surface area (Å²) in [6.07, 6.45) is 6.12. The molecule has 0 spiro atoms. The second-order valence-electron chi connectivity index (χ2n) is 8.65. The van der Waals surface area contributed by atoms with Gasteiger partial charge < -0.3 is 18.6 Å². The molecule has 1 N–H and O–H groups in total. The van der Waals surface area contributed by atoms with E-state index in [-0.39, 0.29) is 17.3 Å². The number of nitrogens with zero attached hydrogens (tertiary/aromatic N) is 1. The third kappa shape index (κ3) is 4.54. The van der Waals surface area contributed by atoms with Crippen LogP contribution in [0.5, 0.6) is 5.75 Å². The highest BCUT2D eigenvalue weighted by atomic mass is 32.2. The highest BCUT2D eigenvalue weighted by molar-refractivity contribution is 7.90. The molecule has 0 radical (unpaired) electrons. The van der Waals surface area contributed by atoms with Gasteiger partial charge in [-0.15, -0.1) is 0 Å². The highest BCUT2D eigenvalue weighted by Crippen LogP contribution is 2.32. The van der Waals surface area contributed by atoms with Crippen molar-refractivity contribution in [1.29, 1.82) is 0 Å². The van der Waals surface area contributed by atoms with Crippen LogP contribution >= 0.6 is 0 Å². The predicted octanol–water partition coefficient (Wildman–Crippen LogP) is 5.12. The number of hydrogen-bond acceptors (Lipinski definition) is 5. The Labute approximate surface area is 195 Å². The van der Waals surface area contributed by atoms with Gasteiger partial charge in [0.15, 0.2) is 11.5 Å². The number of nitrogens with one attached hydrogen (secondary N) is 1. The standard InChI is InChI=1S/C25H27FN2O4S/c1-2-16-8-9-21(31-18-6-3-4-7-18)24(12-16)33(30)27-25(29)23-15-19-20(26)13-17(14-22(19)32-23)28-10-5-11-28/h8-9,12-15,18H,2-7,10-11H2,1H3,(H,27,29). The molecule has 2 aromatic carbocycles. The van der Waals surface area contributed by atoms with Crippen molar-refractivity contribution in [3.05, 3.63) is 53.5 Å². The molecule has 1 aromatic heterocycles. The largest absolute Gasteiger partial charge is 0.588 e. The van der Waals surface area contributed by atoms with E-state index in [2.05, 4.69) is 4.72 Å². The summed E-state index contributed by atoms with van der Waals surface area (Å²) < 4.78 is 42.0. The van der Waals surface area contributed by atoms with Crippen molar-refractivity contribution in [2.24, 2.45) is 0 Å². The van der Waals surface area contributed by atoms with Crippen molar-refractivity contribution in [3.63, 3.8) is 0 Å². The van der Waals surface area contributed by atoms with Crippen LogP contribution in [0.25, 0.3) is 11.0 Å². The van der Waals surface area contributed by atoms with Crippen LogP contribution in [-0.2, 0) is 17.8 Å². The molecule has 1 saturated carbocycles. The third-order valence-corrected chi connectivity index (χ3v) is 7.50. The predicted molar refractivity (Wildman–Crippen MR) is 126 cm³/mol. The molecule has 6 nitrogen and oxygen atoms in total. The van der Waals surface area contributed by atoms with E-state index in [9.17, 15) is 13.7 Å². The fourth-order valence-corrected chi connectivity index (χ4v) is 5.28. The number of hydrogen-bond donors (Lipinski definition) is 1. The maximum Gasteiger partial charge on any atom is 0.328 e. The average molecular weight is 471 g/mol. The lowest BCUT2D eigenvalue weighted by Gasteiger charge is -2.33. The van der Waals surface area contributed by atoms with Crippen LogP contribution in [0.15, 0.2) is 45.7 Å². The number of aryl methyl sites for hydroxylation is 1. The van der Waals surface area contributed by atoms with Gasteiger partial charge in [0, 0.05) is 37.0 Å². The van der Waals surface area contributed by atoms with Gasteiger partial charge in [-0.2, -0.15) is 4.72 Å². The molecule has 1 atom stereocenters. The number of ether oxygens (including phenoxy) is 1. The number of rotatable bonds is 7. The van der Waals surface area contributed by atoms with Gasteiger partial charge >= 0.3 is 5.91 Å².